The van der Waals surface area contributed by atoms with Crippen molar-refractivity contribution >= 4 is 12.0 Å². The predicted molar refractivity (Wildman–Crippen MR) is 94.0 cm³/mol. The van der Waals surface area contributed by atoms with Gasteiger partial charge in [-0.1, -0.05) is 83.1 Å². The summed E-state index contributed by atoms with van der Waals surface area (Å²) in [7, 11) is 0. The largest absolute Gasteiger partial charge is 0.427 e. The standard InChI is InChI=1S/C20H30O2/c1-3-5-6-7-8-9-10-11-12-13-20(21)22-19-16-14-18(4-2)15-17-19/h4,14-17H,2-3,5-13H2,1H3. The van der Waals surface area contributed by atoms with Crippen LogP contribution in [0.25, 0.3) is 6.08 Å². The van der Waals surface area contributed by atoms with Gasteiger partial charge >= 0.3 is 5.97 Å². The van der Waals surface area contributed by atoms with Gasteiger partial charge in [0.1, 0.15) is 5.75 Å². The fraction of sp³-hybridized carbons (Fsp3) is 0.550. The molecule has 0 bridgehead atoms. The summed E-state index contributed by atoms with van der Waals surface area (Å²) in [4.78, 5) is 11.7. The Morgan fingerprint density at radius 1 is 0.955 bits per heavy atom. The van der Waals surface area contributed by atoms with Crippen molar-refractivity contribution < 1.29 is 9.53 Å². The third-order valence-corrected chi connectivity index (χ3v) is 3.83. The van der Waals surface area contributed by atoms with Crippen molar-refractivity contribution in [2.75, 3.05) is 0 Å². The van der Waals surface area contributed by atoms with Crippen LogP contribution in [-0.2, 0) is 4.79 Å². The maximum atomic E-state index is 11.7. The molecule has 0 amide bonds. The summed E-state index contributed by atoms with van der Waals surface area (Å²) in [5, 5.41) is 0. The number of carbonyl (C=O) groups excluding carboxylic acids is 1. The number of hydrogen-bond acceptors (Lipinski definition) is 2. The molecule has 0 aliphatic rings. The third-order valence-electron chi connectivity index (χ3n) is 3.83. The van der Waals surface area contributed by atoms with E-state index in [9.17, 15) is 4.79 Å². The van der Waals surface area contributed by atoms with Crippen molar-refractivity contribution in [1.29, 1.82) is 0 Å². The van der Waals surface area contributed by atoms with Gasteiger partial charge in [0.05, 0.1) is 0 Å². The van der Waals surface area contributed by atoms with E-state index in [2.05, 4.69) is 13.5 Å². The van der Waals surface area contributed by atoms with Gasteiger partial charge in [0.25, 0.3) is 0 Å². The Kier molecular flexibility index (Phi) is 10.1. The normalized spacial score (nSPS) is 10.4. The fourth-order valence-electron chi connectivity index (χ4n) is 2.43. The number of esters is 1. The first kappa shape index (κ1) is 18.5. The van der Waals surface area contributed by atoms with Crippen LogP contribution in [0.5, 0.6) is 5.75 Å². The van der Waals surface area contributed by atoms with Crippen LogP contribution in [-0.4, -0.2) is 5.97 Å². The minimum absolute atomic E-state index is 0.130. The van der Waals surface area contributed by atoms with E-state index in [1.54, 1.807) is 6.08 Å². The lowest BCUT2D eigenvalue weighted by Crippen LogP contribution is -2.07. The van der Waals surface area contributed by atoms with Crippen LogP contribution in [0.1, 0.15) is 76.7 Å². The molecule has 0 spiro atoms. The molecule has 0 fully saturated rings. The van der Waals surface area contributed by atoms with Crippen molar-refractivity contribution in [2.45, 2.75) is 71.1 Å². The molecule has 0 heterocycles. The highest BCUT2D eigenvalue weighted by molar-refractivity contribution is 5.72. The smallest absolute Gasteiger partial charge is 0.311 e. The van der Waals surface area contributed by atoms with Crippen LogP contribution in [0.4, 0.5) is 0 Å². The molecule has 0 saturated carbocycles. The molecule has 0 unspecified atom stereocenters. The van der Waals surface area contributed by atoms with E-state index in [0.29, 0.717) is 12.2 Å². The average Bonchev–Trinajstić information content (AvgIpc) is 2.54. The SMILES string of the molecule is C=Cc1ccc(OC(=O)CCCCCCCCCCC)cc1. The highest BCUT2D eigenvalue weighted by Gasteiger charge is 2.04. The summed E-state index contributed by atoms with van der Waals surface area (Å²) in [5.74, 6) is 0.487. The van der Waals surface area contributed by atoms with Gasteiger partial charge in [-0.3, -0.25) is 4.79 Å². The van der Waals surface area contributed by atoms with Gasteiger partial charge in [-0.15, -0.1) is 0 Å². The van der Waals surface area contributed by atoms with Crippen LogP contribution < -0.4 is 4.74 Å². The first-order valence-electron chi connectivity index (χ1n) is 8.69. The Balaban J connectivity index is 2.02. The second kappa shape index (κ2) is 12.0. The molecule has 0 radical (unpaired) electrons. The molecule has 1 aromatic carbocycles. The fourth-order valence-corrected chi connectivity index (χ4v) is 2.43. The van der Waals surface area contributed by atoms with Gasteiger partial charge < -0.3 is 4.74 Å². The van der Waals surface area contributed by atoms with Crippen molar-refractivity contribution in [3.05, 3.63) is 36.4 Å². The summed E-state index contributed by atoms with van der Waals surface area (Å²) < 4.78 is 5.31. The third kappa shape index (κ3) is 8.66. The Morgan fingerprint density at radius 2 is 1.50 bits per heavy atom. The molecular formula is C20H30O2. The van der Waals surface area contributed by atoms with Crippen LogP contribution in [0.2, 0.25) is 0 Å². The molecule has 2 nitrogen and oxygen atoms in total. The second-order valence-electron chi connectivity index (χ2n) is 5.83. The lowest BCUT2D eigenvalue weighted by molar-refractivity contribution is -0.134. The van der Waals surface area contributed by atoms with Gasteiger partial charge in [0, 0.05) is 6.42 Å². The van der Waals surface area contributed by atoms with E-state index in [4.69, 9.17) is 4.74 Å². The number of ether oxygens (including phenoxy) is 1. The highest BCUT2D eigenvalue weighted by atomic mass is 16.5. The van der Waals surface area contributed by atoms with Crippen molar-refractivity contribution in [3.63, 3.8) is 0 Å². The number of benzene rings is 1. The first-order chi connectivity index (χ1) is 10.8. The Bertz CT molecular complexity index is 420. The number of rotatable bonds is 12. The number of unbranched alkanes of at least 4 members (excludes halogenated alkanes) is 8. The molecule has 1 rings (SSSR count). The molecule has 2 heteroatoms. The maximum absolute atomic E-state index is 11.7. The zero-order valence-corrected chi connectivity index (χ0v) is 14.0. The van der Waals surface area contributed by atoms with E-state index >= 15 is 0 Å². The molecule has 22 heavy (non-hydrogen) atoms. The van der Waals surface area contributed by atoms with Crippen LogP contribution >= 0.6 is 0 Å². The molecule has 0 aliphatic carbocycles. The van der Waals surface area contributed by atoms with E-state index in [1.165, 1.54) is 44.9 Å². The zero-order valence-electron chi connectivity index (χ0n) is 14.0. The molecule has 0 aromatic heterocycles. The van der Waals surface area contributed by atoms with Crippen molar-refractivity contribution in [1.82, 2.24) is 0 Å². The molecule has 0 atom stereocenters. The summed E-state index contributed by atoms with van der Waals surface area (Å²) >= 11 is 0. The lowest BCUT2D eigenvalue weighted by Gasteiger charge is -2.05. The number of carbonyl (C=O) groups is 1. The van der Waals surface area contributed by atoms with Crippen molar-refractivity contribution in [2.24, 2.45) is 0 Å². The number of hydrogen-bond donors (Lipinski definition) is 0. The Hall–Kier alpha value is -1.57. The predicted octanol–water partition coefficient (Wildman–Crippen LogP) is 6.16. The van der Waals surface area contributed by atoms with Crippen molar-refractivity contribution in [3.8, 4) is 5.75 Å². The van der Waals surface area contributed by atoms with Crippen LogP contribution in [0, 0.1) is 0 Å². The lowest BCUT2D eigenvalue weighted by atomic mass is 10.1. The highest BCUT2D eigenvalue weighted by Crippen LogP contribution is 2.15. The Labute approximate surface area is 135 Å². The monoisotopic (exact) mass is 302 g/mol. The van der Waals surface area contributed by atoms with Gasteiger partial charge in [-0.05, 0) is 24.1 Å². The molecule has 1 aromatic rings. The Morgan fingerprint density at radius 3 is 2.05 bits per heavy atom. The van der Waals surface area contributed by atoms with E-state index < -0.39 is 0 Å². The minimum Gasteiger partial charge on any atom is -0.427 e. The molecule has 0 N–H and O–H groups in total. The summed E-state index contributed by atoms with van der Waals surface area (Å²) in [6.07, 6.45) is 13.6. The molecular weight excluding hydrogens is 272 g/mol. The second-order valence-corrected chi connectivity index (χ2v) is 5.83. The van der Waals surface area contributed by atoms with E-state index in [1.807, 2.05) is 24.3 Å². The van der Waals surface area contributed by atoms with Gasteiger partial charge in [-0.2, -0.15) is 0 Å². The van der Waals surface area contributed by atoms with Gasteiger partial charge in [0.2, 0.25) is 0 Å². The quantitative estimate of drug-likeness (QED) is 0.263. The van der Waals surface area contributed by atoms with E-state index in [0.717, 1.165) is 18.4 Å². The molecule has 0 aliphatic heterocycles. The molecule has 122 valence electrons. The van der Waals surface area contributed by atoms with E-state index in [-0.39, 0.29) is 5.97 Å². The van der Waals surface area contributed by atoms with Crippen LogP contribution in [0.15, 0.2) is 30.8 Å². The first-order valence-corrected chi connectivity index (χ1v) is 8.69. The summed E-state index contributed by atoms with van der Waals surface area (Å²) in [6, 6.07) is 7.42. The average molecular weight is 302 g/mol. The van der Waals surface area contributed by atoms with Gasteiger partial charge in [-0.25, -0.2) is 0 Å². The molecule has 0 saturated heterocycles. The van der Waals surface area contributed by atoms with Gasteiger partial charge in [0.15, 0.2) is 0 Å². The summed E-state index contributed by atoms with van der Waals surface area (Å²) in [6.45, 7) is 5.94. The minimum atomic E-state index is -0.130. The summed E-state index contributed by atoms with van der Waals surface area (Å²) in [5.41, 5.74) is 1.03. The topological polar surface area (TPSA) is 26.3 Å². The van der Waals surface area contributed by atoms with Crippen LogP contribution in [0.3, 0.4) is 0 Å². The maximum Gasteiger partial charge on any atom is 0.311 e. The zero-order chi connectivity index (χ0) is 16.0.